The molecule has 7 nitrogen and oxygen atoms in total. The van der Waals surface area contributed by atoms with Crippen molar-refractivity contribution in [3.63, 3.8) is 0 Å². The van der Waals surface area contributed by atoms with Crippen LogP contribution in [0.5, 0.6) is 0 Å². The number of rotatable bonds is 14. The van der Waals surface area contributed by atoms with E-state index in [1.54, 1.807) is 6.92 Å². The van der Waals surface area contributed by atoms with Crippen molar-refractivity contribution in [3.8, 4) is 0 Å². The summed E-state index contributed by atoms with van der Waals surface area (Å²) in [6, 6.07) is 9.94. The number of amides is 2. The minimum Gasteiger partial charge on any atom is -0.390 e. The van der Waals surface area contributed by atoms with Crippen LogP contribution in [0.2, 0.25) is 0 Å². The zero-order chi connectivity index (χ0) is 28.4. The Morgan fingerprint density at radius 3 is 2.44 bits per heavy atom. The highest BCUT2D eigenvalue weighted by molar-refractivity contribution is 5.84. The lowest BCUT2D eigenvalue weighted by molar-refractivity contribution is -0.139. The first-order valence-corrected chi connectivity index (χ1v) is 13.9. The van der Waals surface area contributed by atoms with Crippen LogP contribution in [-0.2, 0) is 29.0 Å². The molecular weight excluding hydrogens is 502 g/mol. The largest absolute Gasteiger partial charge is 0.390 e. The van der Waals surface area contributed by atoms with Crippen molar-refractivity contribution in [1.29, 1.82) is 0 Å². The van der Waals surface area contributed by atoms with Crippen molar-refractivity contribution in [2.24, 2.45) is 0 Å². The molecule has 0 radical (unpaired) electrons. The molecule has 2 aromatic rings. The van der Waals surface area contributed by atoms with E-state index < -0.39 is 29.8 Å². The monoisotopic (exact) mass is 544 g/mol. The normalized spacial score (nSPS) is 16.7. The second-order valence-corrected chi connectivity index (χ2v) is 10.3. The van der Waals surface area contributed by atoms with E-state index in [0.29, 0.717) is 25.2 Å². The number of hydrogen-bond donors (Lipinski definition) is 3. The number of aryl methyl sites for hydroxylation is 1. The van der Waals surface area contributed by atoms with Gasteiger partial charge in [-0.3, -0.25) is 14.5 Å². The Hall–Kier alpha value is -2.88. The third-order valence-electron chi connectivity index (χ3n) is 7.31. The summed E-state index contributed by atoms with van der Waals surface area (Å²) in [6.07, 6.45) is 1.90. The van der Waals surface area contributed by atoms with Crippen LogP contribution in [-0.4, -0.2) is 77.6 Å². The van der Waals surface area contributed by atoms with Crippen LogP contribution in [0.4, 0.5) is 8.78 Å². The maximum Gasteiger partial charge on any atom is 0.237 e. The van der Waals surface area contributed by atoms with Gasteiger partial charge in [0, 0.05) is 38.8 Å². The van der Waals surface area contributed by atoms with E-state index >= 15 is 0 Å². The Morgan fingerprint density at radius 2 is 1.77 bits per heavy atom. The van der Waals surface area contributed by atoms with Crippen molar-refractivity contribution in [2.45, 2.75) is 71.2 Å². The van der Waals surface area contributed by atoms with Gasteiger partial charge in [0.1, 0.15) is 11.6 Å². The molecule has 2 aromatic carbocycles. The summed E-state index contributed by atoms with van der Waals surface area (Å²) < 4.78 is 27.7. The Bertz CT molecular complexity index is 1080. The van der Waals surface area contributed by atoms with Gasteiger partial charge in [-0.05, 0) is 55.0 Å². The number of carbonyl (C=O) groups excluding carboxylic acids is 2. The van der Waals surface area contributed by atoms with Gasteiger partial charge >= 0.3 is 0 Å². The summed E-state index contributed by atoms with van der Waals surface area (Å²) in [5.41, 5.74) is 2.62. The molecule has 39 heavy (non-hydrogen) atoms. The standard InChI is InChI=1S/C30H42F2N4O3/c1-4-6-10-35-11-12-36(20-29(35)38)21(3)30(39)34-27(16-24-14-25(31)17-26(32)15-24)28(37)19-33-18-23-9-7-8-22(5-2)13-23/h7-9,13-15,17,21,27-28,33,37H,4-6,10-12,16,18-20H2,1-3H3,(H,34,39). The fourth-order valence-corrected chi connectivity index (χ4v) is 4.84. The van der Waals surface area contributed by atoms with Gasteiger partial charge in [-0.15, -0.1) is 0 Å². The fraction of sp³-hybridized carbons (Fsp3) is 0.533. The Balaban J connectivity index is 1.65. The highest BCUT2D eigenvalue weighted by Gasteiger charge is 2.32. The van der Waals surface area contributed by atoms with Gasteiger partial charge in [-0.2, -0.15) is 0 Å². The summed E-state index contributed by atoms with van der Waals surface area (Å²) in [7, 11) is 0. The predicted octanol–water partition coefficient (Wildman–Crippen LogP) is 3.04. The van der Waals surface area contributed by atoms with E-state index in [1.807, 2.05) is 21.9 Å². The number of aliphatic hydroxyl groups is 1. The molecule has 1 heterocycles. The molecule has 0 bridgehead atoms. The van der Waals surface area contributed by atoms with E-state index in [0.717, 1.165) is 37.4 Å². The Kier molecular flexibility index (Phi) is 11.8. The first kappa shape index (κ1) is 30.7. The summed E-state index contributed by atoms with van der Waals surface area (Å²) in [6.45, 7) is 8.60. The Labute approximate surface area is 230 Å². The topological polar surface area (TPSA) is 84.9 Å². The van der Waals surface area contributed by atoms with Gasteiger partial charge < -0.3 is 20.6 Å². The molecule has 1 saturated heterocycles. The van der Waals surface area contributed by atoms with Crippen LogP contribution in [0.3, 0.4) is 0 Å². The van der Waals surface area contributed by atoms with Crippen LogP contribution in [0, 0.1) is 11.6 Å². The van der Waals surface area contributed by atoms with Gasteiger partial charge in [0.25, 0.3) is 0 Å². The number of unbranched alkanes of at least 4 members (excludes halogenated alkanes) is 1. The number of nitrogens with one attached hydrogen (secondary N) is 2. The number of hydrogen-bond acceptors (Lipinski definition) is 5. The fourth-order valence-electron chi connectivity index (χ4n) is 4.84. The van der Waals surface area contributed by atoms with Crippen LogP contribution >= 0.6 is 0 Å². The zero-order valence-corrected chi connectivity index (χ0v) is 23.3. The Morgan fingerprint density at radius 1 is 1.05 bits per heavy atom. The lowest BCUT2D eigenvalue weighted by atomic mass is 10.00. The maximum atomic E-state index is 13.9. The van der Waals surface area contributed by atoms with E-state index in [1.165, 1.54) is 17.7 Å². The van der Waals surface area contributed by atoms with Crippen molar-refractivity contribution < 1.29 is 23.5 Å². The van der Waals surface area contributed by atoms with Crippen LogP contribution < -0.4 is 10.6 Å². The van der Waals surface area contributed by atoms with Crippen LogP contribution in [0.15, 0.2) is 42.5 Å². The van der Waals surface area contributed by atoms with Crippen molar-refractivity contribution in [3.05, 3.63) is 70.8 Å². The highest BCUT2D eigenvalue weighted by atomic mass is 19.1. The van der Waals surface area contributed by atoms with Crippen molar-refractivity contribution in [2.75, 3.05) is 32.7 Å². The smallest absolute Gasteiger partial charge is 0.237 e. The lowest BCUT2D eigenvalue weighted by Gasteiger charge is -2.37. The van der Waals surface area contributed by atoms with Gasteiger partial charge in [-0.1, -0.05) is 44.5 Å². The van der Waals surface area contributed by atoms with Gasteiger partial charge in [0.15, 0.2) is 0 Å². The van der Waals surface area contributed by atoms with Gasteiger partial charge in [-0.25, -0.2) is 8.78 Å². The number of carbonyl (C=O) groups is 2. The lowest BCUT2D eigenvalue weighted by Crippen LogP contribution is -2.58. The number of nitrogens with zero attached hydrogens (tertiary/aromatic N) is 2. The SMILES string of the molecule is CCCCN1CCN(C(C)C(=O)NC(Cc2cc(F)cc(F)c2)C(O)CNCc2cccc(CC)c2)CC1=O. The third-order valence-corrected chi connectivity index (χ3v) is 7.31. The molecule has 3 N–H and O–H groups in total. The van der Waals surface area contributed by atoms with E-state index in [4.69, 9.17) is 0 Å². The second-order valence-electron chi connectivity index (χ2n) is 10.3. The third kappa shape index (κ3) is 9.37. The minimum absolute atomic E-state index is 0.00230. The molecule has 214 valence electrons. The molecule has 0 aromatic heterocycles. The maximum absolute atomic E-state index is 13.9. The molecule has 0 saturated carbocycles. The minimum atomic E-state index is -1.02. The summed E-state index contributed by atoms with van der Waals surface area (Å²) in [4.78, 5) is 29.5. The van der Waals surface area contributed by atoms with Crippen LogP contribution in [0.1, 0.15) is 50.3 Å². The number of piperazine rings is 1. The molecule has 3 unspecified atom stereocenters. The second kappa shape index (κ2) is 15.1. The highest BCUT2D eigenvalue weighted by Crippen LogP contribution is 2.14. The number of aliphatic hydroxyl groups excluding tert-OH is 1. The molecule has 1 aliphatic heterocycles. The average Bonchev–Trinajstić information content (AvgIpc) is 2.91. The molecular formula is C30H42F2N4O3. The average molecular weight is 545 g/mol. The summed E-state index contributed by atoms with van der Waals surface area (Å²) in [5, 5.41) is 17.2. The number of benzene rings is 2. The van der Waals surface area contributed by atoms with Crippen molar-refractivity contribution in [1.82, 2.24) is 20.4 Å². The molecule has 9 heteroatoms. The molecule has 3 atom stereocenters. The van der Waals surface area contributed by atoms with E-state index in [9.17, 15) is 23.5 Å². The van der Waals surface area contributed by atoms with E-state index in [-0.39, 0.29) is 31.3 Å². The molecule has 3 rings (SSSR count). The quantitative estimate of drug-likeness (QED) is 0.341. The molecule has 2 amide bonds. The summed E-state index contributed by atoms with van der Waals surface area (Å²) >= 11 is 0. The zero-order valence-electron chi connectivity index (χ0n) is 23.3. The molecule has 0 aliphatic carbocycles. The van der Waals surface area contributed by atoms with Crippen LogP contribution in [0.25, 0.3) is 0 Å². The van der Waals surface area contributed by atoms with E-state index in [2.05, 4.69) is 36.6 Å². The van der Waals surface area contributed by atoms with Crippen molar-refractivity contribution >= 4 is 11.8 Å². The summed E-state index contributed by atoms with van der Waals surface area (Å²) in [5.74, 6) is -1.78. The predicted molar refractivity (Wildman–Crippen MR) is 148 cm³/mol. The van der Waals surface area contributed by atoms with Gasteiger partial charge in [0.2, 0.25) is 11.8 Å². The molecule has 0 spiro atoms. The first-order valence-electron chi connectivity index (χ1n) is 13.9. The number of halogens is 2. The first-order chi connectivity index (χ1) is 18.7. The van der Waals surface area contributed by atoms with Gasteiger partial charge in [0.05, 0.1) is 24.7 Å². The molecule has 1 aliphatic rings. The molecule has 1 fully saturated rings.